The van der Waals surface area contributed by atoms with Gasteiger partial charge in [-0.3, -0.25) is 10.1 Å². The van der Waals surface area contributed by atoms with Gasteiger partial charge >= 0.3 is 5.97 Å². The molecule has 0 N–H and O–H groups in total. The lowest BCUT2D eigenvalue weighted by Crippen LogP contribution is -2.05. The van der Waals surface area contributed by atoms with Crippen molar-refractivity contribution in [2.75, 3.05) is 0 Å². The first kappa shape index (κ1) is 24.5. The number of carbonyl (C=O) groups is 1. The highest BCUT2D eigenvalue weighted by molar-refractivity contribution is 5.89. The first-order chi connectivity index (χ1) is 18.0. The van der Waals surface area contributed by atoms with Crippen LogP contribution < -0.4 is 9.47 Å². The number of esters is 1. The van der Waals surface area contributed by atoms with E-state index in [1.807, 2.05) is 12.1 Å². The Labute approximate surface area is 211 Å². The molecule has 180 valence electrons. The van der Waals surface area contributed by atoms with Gasteiger partial charge in [0.1, 0.15) is 47.3 Å². The van der Waals surface area contributed by atoms with Crippen LogP contribution in [-0.2, 0) is 11.3 Å². The number of non-ortho nitro benzene ring substituents is 1. The average Bonchev–Trinajstić information content (AvgIpc) is 2.92. The Morgan fingerprint density at radius 2 is 1.49 bits per heavy atom. The normalized spacial score (nSPS) is 10.0. The summed E-state index contributed by atoms with van der Waals surface area (Å²) in [5.41, 5.74) is 1.30. The molecule has 4 aromatic rings. The second kappa shape index (κ2) is 11.2. The van der Waals surface area contributed by atoms with Crippen molar-refractivity contribution in [3.63, 3.8) is 0 Å². The van der Waals surface area contributed by atoms with E-state index >= 15 is 0 Å². The molecule has 9 nitrogen and oxygen atoms in total. The number of nitrogens with zero attached hydrogens (tertiary/aromatic N) is 3. The first-order valence-electron chi connectivity index (χ1n) is 10.9. The minimum atomic E-state index is -0.544. The van der Waals surface area contributed by atoms with Crippen molar-refractivity contribution in [2.24, 2.45) is 0 Å². The lowest BCUT2D eigenvalue weighted by atomic mass is 10.1. The molecule has 0 amide bonds. The van der Waals surface area contributed by atoms with Gasteiger partial charge in [0, 0.05) is 12.1 Å². The molecule has 0 aliphatic heterocycles. The molecule has 4 aromatic carbocycles. The minimum Gasteiger partial charge on any atom is -0.457 e. The average molecular weight is 491 g/mol. The first-order valence-corrected chi connectivity index (χ1v) is 10.9. The van der Waals surface area contributed by atoms with Crippen molar-refractivity contribution < 1.29 is 23.9 Å². The largest absolute Gasteiger partial charge is 0.457 e. The number of rotatable bonds is 8. The summed E-state index contributed by atoms with van der Waals surface area (Å²) < 4.78 is 16.8. The monoisotopic (exact) mass is 491 g/mol. The van der Waals surface area contributed by atoms with Gasteiger partial charge in [-0.2, -0.15) is 10.5 Å². The summed E-state index contributed by atoms with van der Waals surface area (Å²) in [5.74, 6) is 1.01. The van der Waals surface area contributed by atoms with Crippen LogP contribution in [0.1, 0.15) is 27.0 Å². The van der Waals surface area contributed by atoms with Gasteiger partial charge in [-0.15, -0.1) is 0 Å². The van der Waals surface area contributed by atoms with E-state index in [4.69, 9.17) is 19.5 Å². The van der Waals surface area contributed by atoms with Crippen LogP contribution in [0.5, 0.6) is 23.0 Å². The van der Waals surface area contributed by atoms with Gasteiger partial charge in [-0.1, -0.05) is 18.2 Å². The van der Waals surface area contributed by atoms with Crippen molar-refractivity contribution in [3.05, 3.63) is 123 Å². The van der Waals surface area contributed by atoms with E-state index in [9.17, 15) is 20.2 Å². The SMILES string of the molecule is N#Cc1cccc(Oc2ccc(C(=O)OCc3cccc(Oc4ccc([N+](=O)[O-])cc4)c3)cc2)c1C#N. The zero-order valence-electron chi connectivity index (χ0n) is 19.2. The molecular formula is C28H17N3O6. The fourth-order valence-electron chi connectivity index (χ4n) is 3.31. The molecule has 37 heavy (non-hydrogen) atoms. The van der Waals surface area contributed by atoms with Crippen LogP contribution in [0.3, 0.4) is 0 Å². The third kappa shape index (κ3) is 6.07. The van der Waals surface area contributed by atoms with Gasteiger partial charge in [0.25, 0.3) is 5.69 Å². The Kier molecular flexibility index (Phi) is 7.38. The summed E-state index contributed by atoms with van der Waals surface area (Å²) in [6.45, 7) is 0.00102. The van der Waals surface area contributed by atoms with Crippen molar-refractivity contribution >= 4 is 11.7 Å². The van der Waals surface area contributed by atoms with Gasteiger partial charge < -0.3 is 14.2 Å². The highest BCUT2D eigenvalue weighted by atomic mass is 16.6. The molecular weight excluding hydrogens is 474 g/mol. The van der Waals surface area contributed by atoms with Gasteiger partial charge in [0.15, 0.2) is 0 Å². The molecule has 0 fully saturated rings. The maximum absolute atomic E-state index is 12.5. The number of ether oxygens (including phenoxy) is 3. The summed E-state index contributed by atoms with van der Waals surface area (Å²) >= 11 is 0. The van der Waals surface area contributed by atoms with Crippen LogP contribution in [0, 0.1) is 32.8 Å². The summed E-state index contributed by atoms with van der Waals surface area (Å²) in [6.07, 6.45) is 0. The zero-order valence-corrected chi connectivity index (χ0v) is 19.2. The van der Waals surface area contributed by atoms with E-state index in [0.29, 0.717) is 28.4 Å². The Morgan fingerprint density at radius 3 is 2.16 bits per heavy atom. The van der Waals surface area contributed by atoms with Crippen LogP contribution in [0.25, 0.3) is 0 Å². The minimum absolute atomic E-state index is 0.00102. The Hall–Kier alpha value is -5.67. The fraction of sp³-hybridized carbons (Fsp3) is 0.0357. The van der Waals surface area contributed by atoms with Gasteiger partial charge in [-0.25, -0.2) is 4.79 Å². The Balaban J connectivity index is 1.36. The Morgan fingerprint density at radius 1 is 0.811 bits per heavy atom. The Bertz CT molecular complexity index is 1530. The number of benzene rings is 4. The molecule has 0 spiro atoms. The molecule has 0 radical (unpaired) electrons. The molecule has 0 heterocycles. The van der Waals surface area contributed by atoms with Gasteiger partial charge in [0.2, 0.25) is 0 Å². The molecule has 0 unspecified atom stereocenters. The lowest BCUT2D eigenvalue weighted by Gasteiger charge is -2.10. The van der Waals surface area contributed by atoms with Crippen molar-refractivity contribution in [3.8, 4) is 35.1 Å². The van der Waals surface area contributed by atoms with E-state index in [2.05, 4.69) is 0 Å². The van der Waals surface area contributed by atoms with E-state index in [0.717, 1.165) is 0 Å². The second-order valence-electron chi connectivity index (χ2n) is 7.61. The summed E-state index contributed by atoms with van der Waals surface area (Å²) in [5, 5.41) is 29.2. The molecule has 0 bridgehead atoms. The van der Waals surface area contributed by atoms with Crippen LogP contribution in [0.2, 0.25) is 0 Å². The molecule has 9 heteroatoms. The van der Waals surface area contributed by atoms with Crippen molar-refractivity contribution in [1.29, 1.82) is 10.5 Å². The van der Waals surface area contributed by atoms with E-state index in [1.165, 1.54) is 42.5 Å². The predicted molar refractivity (Wildman–Crippen MR) is 131 cm³/mol. The molecule has 0 aromatic heterocycles. The quantitative estimate of drug-likeness (QED) is 0.160. The summed E-state index contributed by atoms with van der Waals surface area (Å²) in [4.78, 5) is 22.8. The standard InChI is InChI=1S/C28H17N3O6/c29-16-21-4-2-6-27(26(21)17-30)37-24-11-7-20(8-12-24)28(32)35-18-19-3-1-5-25(15-19)36-23-13-9-22(10-14-23)31(33)34/h1-15H,18H2. The van der Waals surface area contributed by atoms with Crippen LogP contribution in [-0.4, -0.2) is 10.9 Å². The zero-order chi connectivity index (χ0) is 26.2. The van der Waals surface area contributed by atoms with Crippen LogP contribution in [0.4, 0.5) is 5.69 Å². The topological polar surface area (TPSA) is 135 Å². The van der Waals surface area contributed by atoms with E-state index in [1.54, 1.807) is 48.5 Å². The molecule has 0 saturated heterocycles. The smallest absolute Gasteiger partial charge is 0.338 e. The summed E-state index contributed by atoms with van der Waals surface area (Å²) in [6, 6.07) is 27.5. The van der Waals surface area contributed by atoms with E-state index < -0.39 is 10.9 Å². The van der Waals surface area contributed by atoms with Crippen molar-refractivity contribution in [1.82, 2.24) is 0 Å². The fourth-order valence-corrected chi connectivity index (χ4v) is 3.31. The number of nitro benzene ring substituents is 1. The van der Waals surface area contributed by atoms with E-state index in [-0.39, 0.29) is 29.2 Å². The van der Waals surface area contributed by atoms with Crippen molar-refractivity contribution in [2.45, 2.75) is 6.61 Å². The van der Waals surface area contributed by atoms with Crippen LogP contribution in [0.15, 0.2) is 91.0 Å². The lowest BCUT2D eigenvalue weighted by molar-refractivity contribution is -0.384. The third-order valence-corrected chi connectivity index (χ3v) is 5.13. The second-order valence-corrected chi connectivity index (χ2v) is 7.61. The maximum atomic E-state index is 12.5. The summed E-state index contributed by atoms with van der Waals surface area (Å²) in [7, 11) is 0. The number of carbonyl (C=O) groups excluding carboxylic acids is 1. The number of hydrogen-bond acceptors (Lipinski definition) is 8. The molecule has 0 aliphatic carbocycles. The highest BCUT2D eigenvalue weighted by Gasteiger charge is 2.12. The predicted octanol–water partition coefficient (Wildman–Crippen LogP) is 6.28. The number of hydrogen-bond donors (Lipinski definition) is 0. The van der Waals surface area contributed by atoms with Gasteiger partial charge in [-0.05, 0) is 66.2 Å². The number of nitro groups is 1. The van der Waals surface area contributed by atoms with Crippen LogP contribution >= 0.6 is 0 Å². The van der Waals surface area contributed by atoms with Gasteiger partial charge in [0.05, 0.1) is 16.1 Å². The molecule has 0 saturated carbocycles. The maximum Gasteiger partial charge on any atom is 0.338 e. The molecule has 0 atom stereocenters. The highest BCUT2D eigenvalue weighted by Crippen LogP contribution is 2.28. The molecule has 4 rings (SSSR count). The molecule has 0 aliphatic rings. The third-order valence-electron chi connectivity index (χ3n) is 5.13. The number of nitriles is 2.